The molecular formula is C12H15N3OS. The minimum atomic E-state index is 0.399. The van der Waals surface area contributed by atoms with Crippen LogP contribution in [0.5, 0.6) is 0 Å². The monoisotopic (exact) mass is 249 g/mol. The van der Waals surface area contributed by atoms with Crippen molar-refractivity contribution in [2.45, 2.75) is 32.4 Å². The quantitative estimate of drug-likeness (QED) is 0.839. The van der Waals surface area contributed by atoms with Crippen molar-refractivity contribution in [1.29, 1.82) is 0 Å². The molecule has 0 radical (unpaired) electrons. The van der Waals surface area contributed by atoms with Crippen LogP contribution in [-0.2, 0) is 6.54 Å². The number of thiazole rings is 1. The Morgan fingerprint density at radius 3 is 3.24 bits per heavy atom. The highest BCUT2D eigenvalue weighted by Gasteiger charge is 2.28. The van der Waals surface area contributed by atoms with Gasteiger partial charge in [0.25, 0.3) is 0 Å². The second-order valence-corrected chi connectivity index (χ2v) is 5.40. The van der Waals surface area contributed by atoms with Gasteiger partial charge in [-0.05, 0) is 26.3 Å². The third-order valence-corrected chi connectivity index (χ3v) is 3.94. The molecule has 0 bridgehead atoms. The predicted molar refractivity (Wildman–Crippen MR) is 65.7 cm³/mol. The van der Waals surface area contributed by atoms with Crippen LogP contribution in [0.15, 0.2) is 22.2 Å². The van der Waals surface area contributed by atoms with Gasteiger partial charge in [-0.2, -0.15) is 0 Å². The van der Waals surface area contributed by atoms with E-state index >= 15 is 0 Å². The molecule has 0 amide bonds. The molecule has 0 unspecified atom stereocenters. The second kappa shape index (κ2) is 4.58. The van der Waals surface area contributed by atoms with E-state index in [9.17, 15) is 0 Å². The Morgan fingerprint density at radius 2 is 2.53 bits per heavy atom. The lowest BCUT2D eigenvalue weighted by Crippen LogP contribution is -2.22. The van der Waals surface area contributed by atoms with Gasteiger partial charge in [0.15, 0.2) is 0 Å². The van der Waals surface area contributed by atoms with Gasteiger partial charge in [-0.25, -0.2) is 4.98 Å². The molecule has 3 heterocycles. The van der Waals surface area contributed by atoms with Crippen LogP contribution in [0.2, 0.25) is 0 Å². The molecule has 1 saturated heterocycles. The Morgan fingerprint density at radius 1 is 1.59 bits per heavy atom. The molecule has 0 saturated carbocycles. The van der Waals surface area contributed by atoms with E-state index in [1.807, 2.05) is 24.6 Å². The molecule has 1 atom stereocenters. The fourth-order valence-corrected chi connectivity index (χ4v) is 3.04. The van der Waals surface area contributed by atoms with Gasteiger partial charge < -0.3 is 4.52 Å². The van der Waals surface area contributed by atoms with Gasteiger partial charge in [-0.15, -0.1) is 11.3 Å². The molecule has 5 heteroatoms. The number of likely N-dealkylation sites (tertiary alicyclic amines) is 1. The third kappa shape index (κ3) is 2.25. The zero-order valence-electron chi connectivity index (χ0n) is 9.80. The molecule has 90 valence electrons. The normalized spacial score (nSPS) is 21.1. The number of aromatic nitrogens is 2. The van der Waals surface area contributed by atoms with Gasteiger partial charge in [-0.1, -0.05) is 5.16 Å². The Bertz CT molecular complexity index is 480. The molecule has 17 heavy (non-hydrogen) atoms. The lowest BCUT2D eigenvalue weighted by molar-refractivity contribution is 0.236. The summed E-state index contributed by atoms with van der Waals surface area (Å²) in [5, 5.41) is 7.35. The van der Waals surface area contributed by atoms with Crippen molar-refractivity contribution >= 4 is 11.3 Å². The zero-order valence-corrected chi connectivity index (χ0v) is 10.6. The summed E-state index contributed by atoms with van der Waals surface area (Å²) in [4.78, 5) is 6.79. The van der Waals surface area contributed by atoms with Crippen LogP contribution in [0.4, 0.5) is 0 Å². The van der Waals surface area contributed by atoms with E-state index in [0.29, 0.717) is 6.04 Å². The maximum atomic E-state index is 5.17. The maximum Gasteiger partial charge on any atom is 0.133 e. The predicted octanol–water partition coefficient (Wildman–Crippen LogP) is 2.78. The summed E-state index contributed by atoms with van der Waals surface area (Å²) >= 11 is 1.72. The summed E-state index contributed by atoms with van der Waals surface area (Å²) in [6, 6.07) is 2.45. The summed E-state index contributed by atoms with van der Waals surface area (Å²) in [6.07, 6.45) is 4.25. The maximum absolute atomic E-state index is 5.17. The molecule has 2 aromatic heterocycles. The molecule has 1 fully saturated rings. The van der Waals surface area contributed by atoms with Crippen molar-refractivity contribution in [2.75, 3.05) is 6.54 Å². The summed E-state index contributed by atoms with van der Waals surface area (Å²) in [7, 11) is 0. The van der Waals surface area contributed by atoms with Crippen LogP contribution in [0, 0.1) is 6.92 Å². The van der Waals surface area contributed by atoms with Crippen molar-refractivity contribution in [1.82, 2.24) is 15.0 Å². The Balaban J connectivity index is 1.76. The summed E-state index contributed by atoms with van der Waals surface area (Å²) < 4.78 is 5.17. The highest BCUT2D eigenvalue weighted by atomic mass is 32.1. The molecule has 2 aromatic rings. The standard InChI is InChI=1S/C12H15N3OS/c1-9-7-10(14-16-9)11-3-2-5-15(11)8-12-13-4-6-17-12/h4,6-7,11H,2-3,5,8H2,1H3/t11-/m0/s1. The van der Waals surface area contributed by atoms with Gasteiger partial charge >= 0.3 is 0 Å². The van der Waals surface area contributed by atoms with Gasteiger partial charge in [0.1, 0.15) is 16.5 Å². The number of hydrogen-bond donors (Lipinski definition) is 0. The van der Waals surface area contributed by atoms with Crippen molar-refractivity contribution in [3.05, 3.63) is 34.1 Å². The molecule has 0 spiro atoms. The largest absolute Gasteiger partial charge is 0.361 e. The van der Waals surface area contributed by atoms with Crippen LogP contribution in [0.25, 0.3) is 0 Å². The van der Waals surface area contributed by atoms with E-state index in [-0.39, 0.29) is 0 Å². The fraction of sp³-hybridized carbons (Fsp3) is 0.500. The third-order valence-electron chi connectivity index (χ3n) is 3.17. The lowest BCUT2D eigenvalue weighted by atomic mass is 10.1. The summed E-state index contributed by atoms with van der Waals surface area (Å²) in [6.45, 7) is 3.99. The van der Waals surface area contributed by atoms with Crippen LogP contribution in [-0.4, -0.2) is 21.6 Å². The average molecular weight is 249 g/mol. The average Bonchev–Trinajstić information content (AvgIpc) is 2.99. The first-order valence-electron chi connectivity index (χ1n) is 5.88. The Hall–Kier alpha value is -1.20. The molecule has 0 N–H and O–H groups in total. The summed E-state index contributed by atoms with van der Waals surface area (Å²) in [5.74, 6) is 0.890. The van der Waals surface area contributed by atoms with Crippen molar-refractivity contribution < 1.29 is 4.52 Å². The van der Waals surface area contributed by atoms with E-state index in [1.54, 1.807) is 11.3 Å². The van der Waals surface area contributed by atoms with Gasteiger partial charge in [0.2, 0.25) is 0 Å². The van der Waals surface area contributed by atoms with Crippen molar-refractivity contribution in [2.24, 2.45) is 0 Å². The minimum Gasteiger partial charge on any atom is -0.361 e. The topological polar surface area (TPSA) is 42.2 Å². The SMILES string of the molecule is Cc1cc([C@@H]2CCCN2Cc2nccs2)no1. The Kier molecular flexibility index (Phi) is 2.94. The Labute approximate surface area is 104 Å². The van der Waals surface area contributed by atoms with E-state index in [1.165, 1.54) is 11.4 Å². The summed E-state index contributed by atoms with van der Waals surface area (Å²) in [5.41, 5.74) is 1.07. The van der Waals surface area contributed by atoms with E-state index in [0.717, 1.165) is 31.0 Å². The molecule has 4 nitrogen and oxygen atoms in total. The van der Waals surface area contributed by atoms with Crippen LogP contribution < -0.4 is 0 Å². The van der Waals surface area contributed by atoms with E-state index in [2.05, 4.69) is 15.0 Å². The van der Waals surface area contributed by atoms with Crippen molar-refractivity contribution in [3.63, 3.8) is 0 Å². The smallest absolute Gasteiger partial charge is 0.133 e. The van der Waals surface area contributed by atoms with E-state index < -0.39 is 0 Å². The number of hydrogen-bond acceptors (Lipinski definition) is 5. The lowest BCUT2D eigenvalue weighted by Gasteiger charge is -2.21. The number of rotatable bonds is 3. The van der Waals surface area contributed by atoms with E-state index in [4.69, 9.17) is 4.52 Å². The molecule has 3 rings (SSSR count). The first-order valence-corrected chi connectivity index (χ1v) is 6.76. The molecule has 0 aromatic carbocycles. The fourth-order valence-electron chi connectivity index (χ4n) is 2.40. The first kappa shape index (κ1) is 10.9. The molecule has 0 aliphatic carbocycles. The van der Waals surface area contributed by atoms with Crippen molar-refractivity contribution in [3.8, 4) is 0 Å². The van der Waals surface area contributed by atoms with Crippen LogP contribution in [0.3, 0.4) is 0 Å². The molecule has 1 aliphatic rings. The van der Waals surface area contributed by atoms with Gasteiger partial charge in [0, 0.05) is 17.6 Å². The molecular weight excluding hydrogens is 234 g/mol. The number of nitrogens with zero attached hydrogens (tertiary/aromatic N) is 3. The minimum absolute atomic E-state index is 0.399. The van der Waals surface area contributed by atoms with Gasteiger partial charge in [-0.3, -0.25) is 4.90 Å². The number of aryl methyl sites for hydroxylation is 1. The van der Waals surface area contributed by atoms with Crippen LogP contribution >= 0.6 is 11.3 Å². The first-order chi connectivity index (χ1) is 8.33. The van der Waals surface area contributed by atoms with Crippen LogP contribution in [0.1, 0.15) is 35.3 Å². The second-order valence-electron chi connectivity index (χ2n) is 4.42. The zero-order chi connectivity index (χ0) is 11.7. The highest BCUT2D eigenvalue weighted by molar-refractivity contribution is 7.09. The molecule has 1 aliphatic heterocycles. The highest BCUT2D eigenvalue weighted by Crippen LogP contribution is 2.32. The van der Waals surface area contributed by atoms with Gasteiger partial charge in [0.05, 0.1) is 12.6 Å².